The first-order valence-electron chi connectivity index (χ1n) is 6.24. The fourth-order valence-electron chi connectivity index (χ4n) is 1.68. The molecule has 0 aliphatic heterocycles. The van der Waals surface area contributed by atoms with E-state index in [4.69, 9.17) is 0 Å². The van der Waals surface area contributed by atoms with Crippen molar-refractivity contribution in [1.29, 1.82) is 0 Å². The lowest BCUT2D eigenvalue weighted by molar-refractivity contribution is 0.106. The topological polar surface area (TPSA) is 35.5 Å². The standard InChI is InChI=1S/C12H26N2OS/c1-10(6-7-16-3)14(2)9-12(15)8-13-11-4-5-11/h10-13,15H,4-9H2,1-3H3. The van der Waals surface area contributed by atoms with Crippen LogP contribution in [0.3, 0.4) is 0 Å². The molecule has 1 rings (SSSR count). The van der Waals surface area contributed by atoms with Crippen molar-refractivity contribution in [3.05, 3.63) is 0 Å². The zero-order valence-electron chi connectivity index (χ0n) is 10.8. The minimum absolute atomic E-state index is 0.234. The van der Waals surface area contributed by atoms with Gasteiger partial charge in [0.1, 0.15) is 0 Å². The Hall–Kier alpha value is 0.230. The smallest absolute Gasteiger partial charge is 0.0791 e. The summed E-state index contributed by atoms with van der Waals surface area (Å²) in [5.74, 6) is 1.20. The number of nitrogens with one attached hydrogen (secondary N) is 1. The third-order valence-electron chi connectivity index (χ3n) is 3.21. The number of aliphatic hydroxyl groups is 1. The van der Waals surface area contributed by atoms with Gasteiger partial charge in [-0.1, -0.05) is 0 Å². The minimum Gasteiger partial charge on any atom is -0.390 e. The summed E-state index contributed by atoms with van der Waals surface area (Å²) < 4.78 is 0. The molecular weight excluding hydrogens is 220 g/mol. The molecule has 0 aromatic carbocycles. The molecule has 0 saturated heterocycles. The van der Waals surface area contributed by atoms with Crippen molar-refractivity contribution in [3.8, 4) is 0 Å². The summed E-state index contributed by atoms with van der Waals surface area (Å²) >= 11 is 1.89. The number of nitrogens with zero attached hydrogens (tertiary/aromatic N) is 1. The van der Waals surface area contributed by atoms with E-state index in [0.717, 1.165) is 13.1 Å². The van der Waals surface area contributed by atoms with Gasteiger partial charge in [0.25, 0.3) is 0 Å². The van der Waals surface area contributed by atoms with E-state index in [1.54, 1.807) is 0 Å². The number of hydrogen-bond donors (Lipinski definition) is 2. The molecule has 0 aromatic heterocycles. The summed E-state index contributed by atoms with van der Waals surface area (Å²) in [7, 11) is 2.10. The minimum atomic E-state index is -0.234. The molecule has 0 amide bonds. The Balaban J connectivity index is 2.07. The van der Waals surface area contributed by atoms with E-state index in [1.807, 2.05) is 11.8 Å². The Morgan fingerprint density at radius 1 is 1.50 bits per heavy atom. The molecule has 0 aromatic rings. The SMILES string of the molecule is CSCCC(C)N(C)CC(O)CNC1CC1. The quantitative estimate of drug-likeness (QED) is 0.640. The number of likely N-dealkylation sites (N-methyl/N-ethyl adjacent to an activating group) is 1. The van der Waals surface area contributed by atoms with Gasteiger partial charge in [-0.3, -0.25) is 0 Å². The van der Waals surface area contributed by atoms with Crippen LogP contribution in [0.2, 0.25) is 0 Å². The average Bonchev–Trinajstić information content (AvgIpc) is 3.06. The Morgan fingerprint density at radius 2 is 2.19 bits per heavy atom. The number of rotatable bonds is 9. The van der Waals surface area contributed by atoms with Crippen molar-refractivity contribution in [1.82, 2.24) is 10.2 Å². The first-order valence-corrected chi connectivity index (χ1v) is 7.63. The highest BCUT2D eigenvalue weighted by Crippen LogP contribution is 2.18. The Kier molecular flexibility index (Phi) is 6.73. The van der Waals surface area contributed by atoms with Gasteiger partial charge in [0.05, 0.1) is 6.10 Å². The first kappa shape index (κ1) is 14.3. The molecule has 1 fully saturated rings. The van der Waals surface area contributed by atoms with Crippen molar-refractivity contribution in [3.63, 3.8) is 0 Å². The fourth-order valence-corrected chi connectivity index (χ4v) is 2.25. The molecule has 2 atom stereocenters. The maximum absolute atomic E-state index is 9.86. The van der Waals surface area contributed by atoms with Gasteiger partial charge in [-0.15, -0.1) is 0 Å². The van der Waals surface area contributed by atoms with Crippen LogP contribution in [0.25, 0.3) is 0 Å². The lowest BCUT2D eigenvalue weighted by atomic mass is 10.2. The molecule has 3 nitrogen and oxygen atoms in total. The van der Waals surface area contributed by atoms with Gasteiger partial charge in [0.2, 0.25) is 0 Å². The molecule has 2 unspecified atom stereocenters. The number of thioether (sulfide) groups is 1. The molecule has 0 spiro atoms. The number of hydrogen-bond acceptors (Lipinski definition) is 4. The predicted octanol–water partition coefficient (Wildman–Crippen LogP) is 1.17. The van der Waals surface area contributed by atoms with E-state index >= 15 is 0 Å². The van der Waals surface area contributed by atoms with Crippen molar-refractivity contribution in [2.24, 2.45) is 0 Å². The highest BCUT2D eigenvalue weighted by molar-refractivity contribution is 7.98. The maximum Gasteiger partial charge on any atom is 0.0791 e. The van der Waals surface area contributed by atoms with Crippen LogP contribution in [0.4, 0.5) is 0 Å². The van der Waals surface area contributed by atoms with E-state index in [1.165, 1.54) is 25.0 Å². The Morgan fingerprint density at radius 3 is 2.75 bits per heavy atom. The first-order chi connectivity index (χ1) is 7.63. The average molecular weight is 246 g/mol. The van der Waals surface area contributed by atoms with Gasteiger partial charge in [-0.05, 0) is 45.2 Å². The largest absolute Gasteiger partial charge is 0.390 e. The van der Waals surface area contributed by atoms with Gasteiger partial charge < -0.3 is 15.3 Å². The van der Waals surface area contributed by atoms with E-state index in [-0.39, 0.29) is 6.10 Å². The van der Waals surface area contributed by atoms with Crippen LogP contribution in [0, 0.1) is 0 Å². The second-order valence-electron chi connectivity index (χ2n) is 4.91. The van der Waals surface area contributed by atoms with Crippen LogP contribution in [0.15, 0.2) is 0 Å². The van der Waals surface area contributed by atoms with Crippen LogP contribution in [0.1, 0.15) is 26.2 Å². The van der Waals surface area contributed by atoms with Crippen LogP contribution >= 0.6 is 11.8 Å². The Labute approximate surface area is 104 Å². The lowest BCUT2D eigenvalue weighted by Crippen LogP contribution is -2.41. The van der Waals surface area contributed by atoms with Gasteiger partial charge >= 0.3 is 0 Å². The Bertz CT molecular complexity index is 188. The van der Waals surface area contributed by atoms with Gasteiger partial charge in [-0.2, -0.15) is 11.8 Å². The summed E-state index contributed by atoms with van der Waals surface area (Å²) in [5.41, 5.74) is 0. The van der Waals surface area contributed by atoms with Crippen molar-refractivity contribution in [2.75, 3.05) is 32.1 Å². The monoisotopic (exact) mass is 246 g/mol. The van der Waals surface area contributed by atoms with Gasteiger partial charge in [-0.25, -0.2) is 0 Å². The summed E-state index contributed by atoms with van der Waals surface area (Å²) in [6, 6.07) is 1.25. The molecule has 0 radical (unpaired) electrons. The number of aliphatic hydroxyl groups excluding tert-OH is 1. The molecule has 4 heteroatoms. The van der Waals surface area contributed by atoms with Crippen LogP contribution in [-0.2, 0) is 0 Å². The maximum atomic E-state index is 9.86. The van der Waals surface area contributed by atoms with Gasteiger partial charge in [0, 0.05) is 25.2 Å². The molecule has 16 heavy (non-hydrogen) atoms. The third kappa shape index (κ3) is 6.09. The summed E-state index contributed by atoms with van der Waals surface area (Å²) in [6.45, 7) is 3.75. The van der Waals surface area contributed by atoms with E-state index in [0.29, 0.717) is 12.1 Å². The van der Waals surface area contributed by atoms with Gasteiger partial charge in [0.15, 0.2) is 0 Å². The zero-order valence-corrected chi connectivity index (χ0v) is 11.6. The molecular formula is C12H26N2OS. The molecule has 2 N–H and O–H groups in total. The van der Waals surface area contributed by atoms with Crippen molar-refractivity contribution >= 4 is 11.8 Å². The molecule has 1 aliphatic carbocycles. The highest BCUT2D eigenvalue weighted by atomic mass is 32.2. The normalized spacial score (nSPS) is 20.1. The lowest BCUT2D eigenvalue weighted by Gasteiger charge is -2.27. The third-order valence-corrected chi connectivity index (χ3v) is 3.85. The highest BCUT2D eigenvalue weighted by Gasteiger charge is 2.22. The molecule has 96 valence electrons. The van der Waals surface area contributed by atoms with E-state index in [9.17, 15) is 5.11 Å². The molecule has 0 heterocycles. The summed E-state index contributed by atoms with van der Waals surface area (Å²) in [4.78, 5) is 2.26. The van der Waals surface area contributed by atoms with Crippen molar-refractivity contribution in [2.45, 2.75) is 44.4 Å². The van der Waals surface area contributed by atoms with E-state index in [2.05, 4.69) is 30.4 Å². The zero-order chi connectivity index (χ0) is 12.0. The van der Waals surface area contributed by atoms with Crippen LogP contribution < -0.4 is 5.32 Å². The molecule has 1 saturated carbocycles. The predicted molar refractivity (Wildman–Crippen MR) is 72.1 cm³/mol. The fraction of sp³-hybridized carbons (Fsp3) is 1.00. The molecule has 0 bridgehead atoms. The van der Waals surface area contributed by atoms with Crippen molar-refractivity contribution < 1.29 is 5.11 Å². The second-order valence-corrected chi connectivity index (χ2v) is 5.89. The van der Waals surface area contributed by atoms with Crippen LogP contribution in [-0.4, -0.2) is 60.3 Å². The molecule has 1 aliphatic rings. The summed E-state index contributed by atoms with van der Waals surface area (Å²) in [5, 5.41) is 13.2. The summed E-state index contributed by atoms with van der Waals surface area (Å²) in [6.07, 6.45) is 5.67. The second kappa shape index (κ2) is 7.54. The van der Waals surface area contributed by atoms with E-state index < -0.39 is 0 Å². The van der Waals surface area contributed by atoms with Crippen LogP contribution in [0.5, 0.6) is 0 Å².